The van der Waals surface area contributed by atoms with Crippen LogP contribution in [0.25, 0.3) is 10.2 Å². The fraction of sp³-hybridized carbons (Fsp3) is 0.333. The van der Waals surface area contributed by atoms with Crippen molar-refractivity contribution in [3.05, 3.63) is 52.5 Å². The molecule has 1 N–H and O–H groups in total. The Kier molecular flexibility index (Phi) is 5.85. The Bertz CT molecular complexity index is 1200. The van der Waals surface area contributed by atoms with Crippen LogP contribution in [0.4, 0.5) is 5.13 Å². The molecule has 2 heterocycles. The van der Waals surface area contributed by atoms with Gasteiger partial charge in [-0.25, -0.2) is 13.4 Å². The SMILES string of the molecule is Cc1cc(Cl)cc2sc(NC(=O)c3ccc(S(=O)(=O)N4CCC(C)CC4)cc3)nc12. The second-order valence-electron chi connectivity index (χ2n) is 7.65. The van der Waals surface area contributed by atoms with E-state index in [2.05, 4.69) is 17.2 Å². The zero-order chi connectivity index (χ0) is 21.5. The van der Waals surface area contributed by atoms with Crippen molar-refractivity contribution in [1.82, 2.24) is 9.29 Å². The average Bonchev–Trinajstić information content (AvgIpc) is 3.11. The third-order valence-electron chi connectivity index (χ3n) is 5.37. The second-order valence-corrected chi connectivity index (χ2v) is 11.1. The predicted molar refractivity (Wildman–Crippen MR) is 121 cm³/mol. The van der Waals surface area contributed by atoms with E-state index in [1.807, 2.05) is 19.1 Å². The van der Waals surface area contributed by atoms with Gasteiger partial charge in [0.15, 0.2) is 5.13 Å². The largest absolute Gasteiger partial charge is 0.298 e. The standard InChI is InChI=1S/C21H22ClN3O3S2/c1-13-7-9-25(10-8-13)30(27,28)17-5-3-15(4-6-17)20(26)24-21-23-19-14(2)11-16(22)12-18(19)29-21/h3-6,11-13H,7-10H2,1-2H3,(H,23,24,26). The minimum atomic E-state index is -3.53. The summed E-state index contributed by atoms with van der Waals surface area (Å²) in [4.78, 5) is 17.3. The average molecular weight is 464 g/mol. The maximum absolute atomic E-state index is 12.8. The summed E-state index contributed by atoms with van der Waals surface area (Å²) >= 11 is 7.43. The number of rotatable bonds is 4. The van der Waals surface area contributed by atoms with E-state index in [1.165, 1.54) is 39.9 Å². The van der Waals surface area contributed by atoms with Gasteiger partial charge < -0.3 is 0 Å². The van der Waals surface area contributed by atoms with E-state index < -0.39 is 10.0 Å². The van der Waals surface area contributed by atoms with E-state index in [-0.39, 0.29) is 10.8 Å². The number of hydrogen-bond donors (Lipinski definition) is 1. The van der Waals surface area contributed by atoms with Crippen LogP contribution in [0.15, 0.2) is 41.3 Å². The molecule has 9 heteroatoms. The Morgan fingerprint density at radius 1 is 1.20 bits per heavy atom. The zero-order valence-electron chi connectivity index (χ0n) is 16.7. The van der Waals surface area contributed by atoms with Crippen molar-refractivity contribution in [2.45, 2.75) is 31.6 Å². The molecule has 0 bridgehead atoms. The lowest BCUT2D eigenvalue weighted by Gasteiger charge is -2.29. The van der Waals surface area contributed by atoms with Gasteiger partial charge in [-0.1, -0.05) is 29.9 Å². The molecule has 1 saturated heterocycles. The van der Waals surface area contributed by atoms with Crippen molar-refractivity contribution >= 4 is 54.2 Å². The smallest absolute Gasteiger partial charge is 0.257 e. The van der Waals surface area contributed by atoms with E-state index in [9.17, 15) is 13.2 Å². The molecule has 3 aromatic rings. The molecule has 6 nitrogen and oxygen atoms in total. The fourth-order valence-corrected chi connectivity index (χ4v) is 6.32. The quantitative estimate of drug-likeness (QED) is 0.594. The van der Waals surface area contributed by atoms with Gasteiger partial charge >= 0.3 is 0 Å². The molecular formula is C21H22ClN3O3S2. The normalized spacial score (nSPS) is 16.1. The molecular weight excluding hydrogens is 442 g/mol. The molecule has 1 fully saturated rings. The molecule has 30 heavy (non-hydrogen) atoms. The Hall–Kier alpha value is -2.00. The predicted octanol–water partition coefficient (Wildman–Crippen LogP) is 4.93. The van der Waals surface area contributed by atoms with E-state index in [0.29, 0.717) is 34.7 Å². The molecule has 0 saturated carbocycles. The topological polar surface area (TPSA) is 79.4 Å². The molecule has 158 valence electrons. The van der Waals surface area contributed by atoms with Crippen molar-refractivity contribution < 1.29 is 13.2 Å². The van der Waals surface area contributed by atoms with Gasteiger partial charge in [0.1, 0.15) is 0 Å². The van der Waals surface area contributed by atoms with Crippen LogP contribution in [0, 0.1) is 12.8 Å². The lowest BCUT2D eigenvalue weighted by molar-refractivity contribution is 0.102. The number of fused-ring (bicyclic) bond motifs is 1. The number of aryl methyl sites for hydroxylation is 1. The Balaban J connectivity index is 1.50. The second kappa shape index (κ2) is 8.26. The summed E-state index contributed by atoms with van der Waals surface area (Å²) in [5, 5.41) is 3.88. The number of carbonyl (C=O) groups excluding carboxylic acids is 1. The molecule has 1 aliphatic heterocycles. The van der Waals surface area contributed by atoms with E-state index in [4.69, 9.17) is 11.6 Å². The monoisotopic (exact) mass is 463 g/mol. The van der Waals surface area contributed by atoms with Crippen LogP contribution in [0.2, 0.25) is 5.02 Å². The number of nitrogens with one attached hydrogen (secondary N) is 1. The number of piperidine rings is 1. The molecule has 1 aliphatic rings. The zero-order valence-corrected chi connectivity index (χ0v) is 19.1. The highest BCUT2D eigenvalue weighted by Gasteiger charge is 2.28. The first-order chi connectivity index (χ1) is 14.2. The first-order valence-corrected chi connectivity index (χ1v) is 12.4. The minimum Gasteiger partial charge on any atom is -0.298 e. The number of anilines is 1. The number of nitrogens with zero attached hydrogens (tertiary/aromatic N) is 2. The first-order valence-electron chi connectivity index (χ1n) is 9.72. The summed E-state index contributed by atoms with van der Waals surface area (Å²) in [6, 6.07) is 9.69. The first kappa shape index (κ1) is 21.2. The lowest BCUT2D eigenvalue weighted by atomic mass is 10.0. The third-order valence-corrected chi connectivity index (χ3v) is 8.42. The molecule has 0 atom stereocenters. The summed E-state index contributed by atoms with van der Waals surface area (Å²) in [6.45, 7) is 5.12. The summed E-state index contributed by atoms with van der Waals surface area (Å²) in [7, 11) is -3.53. The number of carbonyl (C=O) groups is 1. The molecule has 2 aromatic carbocycles. The summed E-state index contributed by atoms with van der Waals surface area (Å²) in [5.41, 5.74) is 2.11. The van der Waals surface area contributed by atoms with Crippen LogP contribution in [0.3, 0.4) is 0 Å². The summed E-state index contributed by atoms with van der Waals surface area (Å²) in [5.74, 6) is 0.207. The van der Waals surface area contributed by atoms with E-state index in [1.54, 1.807) is 0 Å². The van der Waals surface area contributed by atoms with Gasteiger partial charge in [-0.15, -0.1) is 0 Å². The Labute approximate surface area is 184 Å². The summed E-state index contributed by atoms with van der Waals surface area (Å²) in [6.07, 6.45) is 1.74. The van der Waals surface area contributed by atoms with Gasteiger partial charge in [0, 0.05) is 23.7 Å². The minimum absolute atomic E-state index is 0.207. The highest BCUT2D eigenvalue weighted by atomic mass is 35.5. The Morgan fingerprint density at radius 3 is 2.53 bits per heavy atom. The third kappa shape index (κ3) is 4.23. The maximum Gasteiger partial charge on any atom is 0.257 e. The van der Waals surface area contributed by atoms with E-state index >= 15 is 0 Å². The number of sulfonamides is 1. The van der Waals surface area contributed by atoms with Gasteiger partial charge in [0.05, 0.1) is 15.1 Å². The molecule has 1 aromatic heterocycles. The van der Waals surface area contributed by atoms with Crippen molar-refractivity contribution in [3.63, 3.8) is 0 Å². The number of hydrogen-bond acceptors (Lipinski definition) is 5. The van der Waals surface area contributed by atoms with Crippen molar-refractivity contribution in [2.75, 3.05) is 18.4 Å². The number of thiazole rings is 1. The highest BCUT2D eigenvalue weighted by molar-refractivity contribution is 7.89. The number of benzene rings is 2. The molecule has 0 unspecified atom stereocenters. The number of aromatic nitrogens is 1. The van der Waals surface area contributed by atoms with Crippen molar-refractivity contribution in [3.8, 4) is 0 Å². The molecule has 0 aliphatic carbocycles. The number of halogens is 1. The van der Waals surface area contributed by atoms with Gasteiger partial charge in [-0.2, -0.15) is 4.31 Å². The van der Waals surface area contributed by atoms with Crippen molar-refractivity contribution in [2.24, 2.45) is 5.92 Å². The highest BCUT2D eigenvalue weighted by Crippen LogP contribution is 2.31. The van der Waals surface area contributed by atoms with Gasteiger partial charge in [-0.3, -0.25) is 10.1 Å². The van der Waals surface area contributed by atoms with Crippen LogP contribution in [-0.4, -0.2) is 36.7 Å². The van der Waals surface area contributed by atoms with Gasteiger partial charge in [0.25, 0.3) is 5.91 Å². The van der Waals surface area contributed by atoms with Crippen LogP contribution in [0.5, 0.6) is 0 Å². The maximum atomic E-state index is 12.8. The van der Waals surface area contributed by atoms with Crippen LogP contribution in [0.1, 0.15) is 35.7 Å². The van der Waals surface area contributed by atoms with Crippen LogP contribution in [-0.2, 0) is 10.0 Å². The van der Waals surface area contributed by atoms with E-state index in [0.717, 1.165) is 28.6 Å². The molecule has 4 rings (SSSR count). The Morgan fingerprint density at radius 2 is 1.87 bits per heavy atom. The van der Waals surface area contributed by atoms with Gasteiger partial charge in [0.2, 0.25) is 10.0 Å². The molecule has 1 amide bonds. The van der Waals surface area contributed by atoms with Crippen LogP contribution >= 0.6 is 22.9 Å². The summed E-state index contributed by atoms with van der Waals surface area (Å²) < 4.78 is 28.1. The molecule has 0 spiro atoms. The fourth-order valence-electron chi connectivity index (χ4n) is 3.53. The van der Waals surface area contributed by atoms with Crippen LogP contribution < -0.4 is 5.32 Å². The van der Waals surface area contributed by atoms with Crippen molar-refractivity contribution in [1.29, 1.82) is 0 Å². The van der Waals surface area contributed by atoms with Gasteiger partial charge in [-0.05, 0) is 67.6 Å². The molecule has 0 radical (unpaired) electrons. The lowest BCUT2D eigenvalue weighted by Crippen LogP contribution is -2.37. The number of amides is 1.